The molecule has 2 rings (SSSR count). The van der Waals surface area contributed by atoms with Crippen LogP contribution in [-0.2, 0) is 0 Å². The Balaban J connectivity index is 1.91. The highest BCUT2D eigenvalue weighted by Gasteiger charge is 2.38. The van der Waals surface area contributed by atoms with Crippen LogP contribution in [0.4, 0.5) is 0 Å². The zero-order valence-corrected chi connectivity index (χ0v) is 11.7. The zero-order valence-electron chi connectivity index (χ0n) is 11.7. The van der Waals surface area contributed by atoms with Gasteiger partial charge in [0.25, 0.3) is 0 Å². The summed E-state index contributed by atoms with van der Waals surface area (Å²) >= 11 is 0. The van der Waals surface area contributed by atoms with Crippen molar-refractivity contribution in [3.8, 4) is 0 Å². The van der Waals surface area contributed by atoms with Crippen LogP contribution < -0.4 is 0 Å². The van der Waals surface area contributed by atoms with Gasteiger partial charge >= 0.3 is 0 Å². The molecule has 0 spiro atoms. The summed E-state index contributed by atoms with van der Waals surface area (Å²) in [5.74, 6) is 1.75. The molecule has 17 heavy (non-hydrogen) atoms. The van der Waals surface area contributed by atoms with Crippen LogP contribution in [0.2, 0.25) is 0 Å². The van der Waals surface area contributed by atoms with E-state index in [0.717, 1.165) is 18.3 Å². The van der Waals surface area contributed by atoms with Crippen molar-refractivity contribution < 1.29 is 5.11 Å². The van der Waals surface area contributed by atoms with Crippen molar-refractivity contribution in [3.05, 3.63) is 0 Å². The molecule has 0 amide bonds. The lowest BCUT2D eigenvalue weighted by Gasteiger charge is -2.41. The van der Waals surface area contributed by atoms with E-state index < -0.39 is 0 Å². The van der Waals surface area contributed by atoms with Crippen molar-refractivity contribution in [1.82, 2.24) is 4.90 Å². The number of hydrogen-bond acceptors (Lipinski definition) is 2. The summed E-state index contributed by atoms with van der Waals surface area (Å²) < 4.78 is 0. The number of likely N-dealkylation sites (N-methyl/N-ethyl adjacent to an activating group) is 1. The van der Waals surface area contributed by atoms with Crippen molar-refractivity contribution >= 4 is 0 Å². The van der Waals surface area contributed by atoms with Crippen molar-refractivity contribution in [2.75, 3.05) is 7.05 Å². The Labute approximate surface area is 106 Å². The molecular formula is C15H29NO. The van der Waals surface area contributed by atoms with Gasteiger partial charge in [-0.1, -0.05) is 19.8 Å². The van der Waals surface area contributed by atoms with Crippen LogP contribution in [-0.4, -0.2) is 35.2 Å². The van der Waals surface area contributed by atoms with Crippen LogP contribution in [0.25, 0.3) is 0 Å². The van der Waals surface area contributed by atoms with Gasteiger partial charge in [-0.05, 0) is 57.9 Å². The Hall–Kier alpha value is -0.0800. The lowest BCUT2D eigenvalue weighted by atomic mass is 9.80. The van der Waals surface area contributed by atoms with Gasteiger partial charge in [0.1, 0.15) is 0 Å². The third kappa shape index (κ3) is 3.23. The maximum atomic E-state index is 10.2. The lowest BCUT2D eigenvalue weighted by Crippen LogP contribution is -2.49. The van der Waals surface area contributed by atoms with Crippen molar-refractivity contribution in [3.63, 3.8) is 0 Å². The number of nitrogens with zero attached hydrogens (tertiary/aromatic N) is 1. The summed E-state index contributed by atoms with van der Waals surface area (Å²) in [6.07, 6.45) is 8.79. The highest BCUT2D eigenvalue weighted by molar-refractivity contribution is 4.92. The van der Waals surface area contributed by atoms with E-state index in [1.807, 2.05) is 0 Å². The van der Waals surface area contributed by atoms with Gasteiger partial charge in [0, 0.05) is 12.1 Å². The molecule has 2 saturated carbocycles. The average molecular weight is 239 g/mol. The van der Waals surface area contributed by atoms with Crippen molar-refractivity contribution in [1.29, 1.82) is 0 Å². The molecule has 0 heterocycles. The molecule has 100 valence electrons. The van der Waals surface area contributed by atoms with Gasteiger partial charge < -0.3 is 5.11 Å². The molecule has 0 saturated heterocycles. The van der Waals surface area contributed by atoms with E-state index in [-0.39, 0.29) is 6.10 Å². The summed E-state index contributed by atoms with van der Waals surface area (Å²) in [6.45, 7) is 4.62. The van der Waals surface area contributed by atoms with Crippen LogP contribution in [0, 0.1) is 11.8 Å². The Bertz CT molecular complexity index is 239. The molecule has 2 fully saturated rings. The van der Waals surface area contributed by atoms with E-state index in [1.165, 1.54) is 38.5 Å². The SMILES string of the molecule is CCCC1CCC(O)C(N(C)C(C)C2CC2)C1. The molecule has 0 aromatic rings. The van der Waals surface area contributed by atoms with Gasteiger partial charge in [0.05, 0.1) is 6.10 Å². The minimum absolute atomic E-state index is 0.0886. The quantitative estimate of drug-likeness (QED) is 0.797. The van der Waals surface area contributed by atoms with Crippen LogP contribution in [0.3, 0.4) is 0 Å². The normalized spacial score (nSPS) is 36.2. The maximum Gasteiger partial charge on any atom is 0.0695 e. The molecular weight excluding hydrogens is 210 g/mol. The minimum atomic E-state index is -0.0886. The summed E-state index contributed by atoms with van der Waals surface area (Å²) in [6, 6.07) is 1.07. The monoisotopic (exact) mass is 239 g/mol. The minimum Gasteiger partial charge on any atom is -0.391 e. The van der Waals surface area contributed by atoms with E-state index in [0.29, 0.717) is 12.1 Å². The van der Waals surface area contributed by atoms with Gasteiger partial charge in [-0.15, -0.1) is 0 Å². The predicted molar refractivity (Wildman–Crippen MR) is 72.0 cm³/mol. The maximum absolute atomic E-state index is 10.2. The smallest absolute Gasteiger partial charge is 0.0695 e. The van der Waals surface area contributed by atoms with Gasteiger partial charge in [-0.2, -0.15) is 0 Å². The Morgan fingerprint density at radius 2 is 1.94 bits per heavy atom. The fourth-order valence-electron chi connectivity index (χ4n) is 3.54. The van der Waals surface area contributed by atoms with Crippen LogP contribution >= 0.6 is 0 Å². The van der Waals surface area contributed by atoms with E-state index >= 15 is 0 Å². The van der Waals surface area contributed by atoms with E-state index in [9.17, 15) is 5.11 Å². The fraction of sp³-hybridized carbons (Fsp3) is 1.00. The lowest BCUT2D eigenvalue weighted by molar-refractivity contribution is -0.00542. The first-order chi connectivity index (χ1) is 8.13. The molecule has 2 nitrogen and oxygen atoms in total. The first-order valence-electron chi connectivity index (χ1n) is 7.53. The van der Waals surface area contributed by atoms with Crippen molar-refractivity contribution in [2.24, 2.45) is 11.8 Å². The third-order valence-electron chi connectivity index (χ3n) is 5.06. The second-order valence-corrected chi connectivity index (χ2v) is 6.35. The van der Waals surface area contributed by atoms with Crippen LogP contribution in [0.1, 0.15) is 58.8 Å². The van der Waals surface area contributed by atoms with Gasteiger partial charge in [-0.3, -0.25) is 4.90 Å². The first kappa shape index (κ1) is 13.4. The number of rotatable bonds is 5. The van der Waals surface area contributed by atoms with Crippen LogP contribution in [0.5, 0.6) is 0 Å². The number of hydrogen-bond donors (Lipinski definition) is 1. The van der Waals surface area contributed by atoms with Gasteiger partial charge in [0.2, 0.25) is 0 Å². The molecule has 0 radical (unpaired) electrons. The Kier molecular flexibility index (Phi) is 4.48. The molecule has 2 aliphatic carbocycles. The van der Waals surface area contributed by atoms with E-state index in [2.05, 4.69) is 25.8 Å². The highest BCUT2D eigenvalue weighted by atomic mass is 16.3. The molecule has 2 aliphatic rings. The molecule has 0 bridgehead atoms. The van der Waals surface area contributed by atoms with Gasteiger partial charge in [-0.25, -0.2) is 0 Å². The number of aliphatic hydroxyl groups excluding tert-OH is 1. The molecule has 1 N–H and O–H groups in total. The fourth-order valence-corrected chi connectivity index (χ4v) is 3.54. The second-order valence-electron chi connectivity index (χ2n) is 6.35. The second kappa shape index (κ2) is 5.71. The Morgan fingerprint density at radius 1 is 1.24 bits per heavy atom. The standard InChI is InChI=1S/C15H29NO/c1-4-5-12-6-9-15(17)14(10-12)16(3)11(2)13-7-8-13/h11-15,17H,4-10H2,1-3H3. The van der Waals surface area contributed by atoms with Gasteiger partial charge in [0.15, 0.2) is 0 Å². The first-order valence-corrected chi connectivity index (χ1v) is 7.53. The third-order valence-corrected chi connectivity index (χ3v) is 5.06. The average Bonchev–Trinajstić information content (AvgIpc) is 3.14. The molecule has 0 aromatic heterocycles. The predicted octanol–water partition coefficient (Wildman–Crippen LogP) is 3.05. The summed E-state index contributed by atoms with van der Waals surface area (Å²) in [7, 11) is 2.23. The molecule has 0 aromatic carbocycles. The zero-order chi connectivity index (χ0) is 12.4. The summed E-state index contributed by atoms with van der Waals surface area (Å²) in [5.41, 5.74) is 0. The molecule has 0 aliphatic heterocycles. The van der Waals surface area contributed by atoms with E-state index in [4.69, 9.17) is 0 Å². The highest BCUT2D eigenvalue weighted by Crippen LogP contribution is 2.38. The van der Waals surface area contributed by atoms with E-state index in [1.54, 1.807) is 0 Å². The molecule has 4 unspecified atom stereocenters. The topological polar surface area (TPSA) is 23.5 Å². The largest absolute Gasteiger partial charge is 0.391 e. The van der Waals surface area contributed by atoms with Crippen LogP contribution in [0.15, 0.2) is 0 Å². The summed E-state index contributed by atoms with van der Waals surface area (Å²) in [4.78, 5) is 2.48. The summed E-state index contributed by atoms with van der Waals surface area (Å²) in [5, 5.41) is 10.2. The molecule has 2 heteroatoms. The molecule has 4 atom stereocenters. The Morgan fingerprint density at radius 3 is 2.53 bits per heavy atom. The number of aliphatic hydroxyl groups is 1. The van der Waals surface area contributed by atoms with Crippen molar-refractivity contribution in [2.45, 2.75) is 77.0 Å².